The summed E-state index contributed by atoms with van der Waals surface area (Å²) >= 11 is 4.37. The lowest BCUT2D eigenvalue weighted by Crippen LogP contribution is -2.33. The summed E-state index contributed by atoms with van der Waals surface area (Å²) in [5.74, 6) is -0.0104. The number of fused-ring (bicyclic) bond motifs is 1. The van der Waals surface area contributed by atoms with E-state index >= 15 is 0 Å². The summed E-state index contributed by atoms with van der Waals surface area (Å²) in [5, 5.41) is 4.76. The number of carbonyl (C=O) groups excluding carboxylic acids is 1. The van der Waals surface area contributed by atoms with Crippen LogP contribution in [0.3, 0.4) is 0 Å². The number of amides is 1. The second-order valence-electron chi connectivity index (χ2n) is 7.35. The van der Waals surface area contributed by atoms with Gasteiger partial charge in [0.2, 0.25) is 5.91 Å². The summed E-state index contributed by atoms with van der Waals surface area (Å²) < 4.78 is 1.62. The molecule has 3 heterocycles. The minimum Gasteiger partial charge on any atom is -0.340 e. The first-order valence-corrected chi connectivity index (χ1v) is 12.8. The molecule has 0 N–H and O–H groups in total. The van der Waals surface area contributed by atoms with E-state index in [0.717, 1.165) is 16.0 Å². The van der Waals surface area contributed by atoms with E-state index in [1.54, 1.807) is 33.9 Å². The maximum atomic E-state index is 13.4. The monoisotopic (exact) mass is 481 g/mol. The lowest BCUT2D eigenvalue weighted by atomic mass is 10.2. The zero-order valence-corrected chi connectivity index (χ0v) is 20.3. The van der Waals surface area contributed by atoms with E-state index in [0.29, 0.717) is 28.5 Å². The van der Waals surface area contributed by atoms with E-state index in [1.165, 1.54) is 23.1 Å². The summed E-state index contributed by atoms with van der Waals surface area (Å²) in [6.07, 6.45) is 1.68. The van der Waals surface area contributed by atoms with Crippen LogP contribution in [0.5, 0.6) is 0 Å². The number of thiophene rings is 2. The van der Waals surface area contributed by atoms with Crippen molar-refractivity contribution in [3.63, 3.8) is 0 Å². The molecule has 4 aromatic rings. The molecule has 5 nitrogen and oxygen atoms in total. The van der Waals surface area contributed by atoms with Crippen molar-refractivity contribution in [2.75, 3.05) is 7.05 Å². The van der Waals surface area contributed by atoms with Crippen LogP contribution in [-0.2, 0) is 17.9 Å². The minimum absolute atomic E-state index is 0.0104. The van der Waals surface area contributed by atoms with E-state index < -0.39 is 0 Å². The molecule has 1 aromatic carbocycles. The molecule has 0 saturated carbocycles. The molecule has 32 heavy (non-hydrogen) atoms. The molecular formula is C24H23N3O2S3. The van der Waals surface area contributed by atoms with Crippen molar-refractivity contribution in [2.45, 2.75) is 30.4 Å². The molecule has 0 fully saturated rings. The predicted octanol–water partition coefficient (Wildman–Crippen LogP) is 5.51. The number of allylic oxidation sites excluding steroid dienone is 1. The summed E-state index contributed by atoms with van der Waals surface area (Å²) in [5.41, 5.74) is 1.89. The van der Waals surface area contributed by atoms with Crippen molar-refractivity contribution in [2.24, 2.45) is 0 Å². The summed E-state index contributed by atoms with van der Waals surface area (Å²) in [7, 11) is 1.80. The molecule has 0 radical (unpaired) electrons. The summed E-state index contributed by atoms with van der Waals surface area (Å²) in [4.78, 5) is 34.7. The third kappa shape index (κ3) is 4.57. The second-order valence-corrected chi connectivity index (χ2v) is 10.5. The smallest absolute Gasteiger partial charge is 0.263 e. The van der Waals surface area contributed by atoms with E-state index in [9.17, 15) is 9.59 Å². The number of hydrogen-bond acceptors (Lipinski definition) is 6. The molecule has 0 aliphatic rings. The van der Waals surface area contributed by atoms with Crippen LogP contribution in [-0.4, -0.2) is 32.7 Å². The molecular weight excluding hydrogens is 458 g/mol. The Morgan fingerprint density at radius 1 is 1.25 bits per heavy atom. The third-order valence-electron chi connectivity index (χ3n) is 5.03. The van der Waals surface area contributed by atoms with Gasteiger partial charge >= 0.3 is 0 Å². The quantitative estimate of drug-likeness (QED) is 0.189. The van der Waals surface area contributed by atoms with Crippen molar-refractivity contribution < 1.29 is 4.79 Å². The van der Waals surface area contributed by atoms with Gasteiger partial charge in [0.25, 0.3) is 5.56 Å². The number of nitrogens with zero attached hydrogens (tertiary/aromatic N) is 3. The molecule has 0 saturated heterocycles. The van der Waals surface area contributed by atoms with Gasteiger partial charge in [-0.25, -0.2) is 4.98 Å². The molecule has 4 rings (SSSR count). The number of aromatic nitrogens is 2. The van der Waals surface area contributed by atoms with Crippen LogP contribution in [0.25, 0.3) is 20.7 Å². The molecule has 1 unspecified atom stereocenters. The maximum absolute atomic E-state index is 13.4. The van der Waals surface area contributed by atoms with Crippen LogP contribution >= 0.6 is 34.4 Å². The fourth-order valence-electron chi connectivity index (χ4n) is 3.45. The normalized spacial score (nSPS) is 12.1. The first-order chi connectivity index (χ1) is 15.5. The fourth-order valence-corrected chi connectivity index (χ4v) is 6.29. The lowest BCUT2D eigenvalue weighted by Gasteiger charge is -2.22. The van der Waals surface area contributed by atoms with Gasteiger partial charge in [-0.05, 0) is 23.9 Å². The van der Waals surface area contributed by atoms with Crippen LogP contribution in [0.4, 0.5) is 0 Å². The van der Waals surface area contributed by atoms with Crippen molar-refractivity contribution in [1.29, 1.82) is 0 Å². The average Bonchev–Trinajstić information content (AvgIpc) is 3.46. The van der Waals surface area contributed by atoms with Gasteiger partial charge in [-0.3, -0.25) is 14.2 Å². The van der Waals surface area contributed by atoms with Crippen LogP contribution < -0.4 is 5.56 Å². The van der Waals surface area contributed by atoms with Gasteiger partial charge in [-0.1, -0.05) is 54.2 Å². The van der Waals surface area contributed by atoms with Gasteiger partial charge < -0.3 is 4.90 Å². The predicted molar refractivity (Wildman–Crippen MR) is 136 cm³/mol. The number of hydrogen-bond donors (Lipinski definition) is 0. The molecule has 164 valence electrons. The van der Waals surface area contributed by atoms with Gasteiger partial charge in [0.15, 0.2) is 5.16 Å². The van der Waals surface area contributed by atoms with Crippen LogP contribution in [0, 0.1) is 0 Å². The number of benzene rings is 1. The van der Waals surface area contributed by atoms with Crippen molar-refractivity contribution in [3.8, 4) is 10.4 Å². The van der Waals surface area contributed by atoms with Crippen LogP contribution in [0.15, 0.2) is 75.8 Å². The number of rotatable bonds is 8. The van der Waals surface area contributed by atoms with Gasteiger partial charge in [0, 0.05) is 36.0 Å². The standard InChI is InChI=1S/C24H23N3O2S3/c1-4-12-27-23(29)20-18(19-11-8-13-30-19)15-31-21(20)25-24(27)32-16(2)22(28)26(3)14-17-9-6-5-7-10-17/h4-11,13,15-16H,1,12,14H2,2-3H3. The largest absolute Gasteiger partial charge is 0.340 e. The molecule has 1 atom stereocenters. The van der Waals surface area contributed by atoms with Crippen LogP contribution in [0.1, 0.15) is 12.5 Å². The molecule has 8 heteroatoms. The Bertz CT molecular complexity index is 1290. The van der Waals surface area contributed by atoms with Gasteiger partial charge in [0.1, 0.15) is 4.83 Å². The topological polar surface area (TPSA) is 55.2 Å². The Balaban J connectivity index is 1.63. The first kappa shape index (κ1) is 22.5. The maximum Gasteiger partial charge on any atom is 0.263 e. The SMILES string of the molecule is C=CCn1c(SC(C)C(=O)N(C)Cc2ccccc2)nc2scc(-c3cccs3)c2c1=O. The molecule has 0 aliphatic heterocycles. The molecule has 0 spiro atoms. The van der Waals surface area contributed by atoms with E-state index in [1.807, 2.05) is 60.1 Å². The second kappa shape index (κ2) is 9.85. The fraction of sp³-hybridized carbons (Fsp3) is 0.208. The Labute approximate surface area is 199 Å². The summed E-state index contributed by atoms with van der Waals surface area (Å²) in [6.45, 7) is 6.53. The Hall–Kier alpha value is -2.68. The van der Waals surface area contributed by atoms with E-state index in [4.69, 9.17) is 4.98 Å². The number of thioether (sulfide) groups is 1. The highest BCUT2D eigenvalue weighted by Crippen LogP contribution is 2.35. The Morgan fingerprint density at radius 3 is 2.72 bits per heavy atom. The highest BCUT2D eigenvalue weighted by Gasteiger charge is 2.23. The minimum atomic E-state index is -0.388. The Morgan fingerprint density at radius 2 is 2.03 bits per heavy atom. The molecule has 0 aliphatic carbocycles. The van der Waals surface area contributed by atoms with Gasteiger partial charge in [-0.15, -0.1) is 29.3 Å². The molecule has 3 aromatic heterocycles. The van der Waals surface area contributed by atoms with Gasteiger partial charge in [-0.2, -0.15) is 0 Å². The lowest BCUT2D eigenvalue weighted by molar-refractivity contribution is -0.129. The zero-order valence-electron chi connectivity index (χ0n) is 17.9. The highest BCUT2D eigenvalue weighted by atomic mass is 32.2. The highest BCUT2D eigenvalue weighted by molar-refractivity contribution is 8.00. The molecule has 1 amide bonds. The van der Waals surface area contributed by atoms with Crippen molar-refractivity contribution in [3.05, 3.63) is 81.8 Å². The summed E-state index contributed by atoms with van der Waals surface area (Å²) in [6, 6.07) is 13.9. The Kier molecular flexibility index (Phi) is 6.93. The van der Waals surface area contributed by atoms with E-state index in [-0.39, 0.29) is 16.7 Å². The molecule has 0 bridgehead atoms. The van der Waals surface area contributed by atoms with Crippen molar-refractivity contribution in [1.82, 2.24) is 14.5 Å². The van der Waals surface area contributed by atoms with Gasteiger partial charge in [0.05, 0.1) is 10.6 Å². The van der Waals surface area contributed by atoms with Crippen molar-refractivity contribution >= 4 is 50.6 Å². The average molecular weight is 482 g/mol. The number of carbonyl (C=O) groups is 1. The third-order valence-corrected chi connectivity index (χ3v) is 7.88. The van der Waals surface area contributed by atoms with E-state index in [2.05, 4.69) is 6.58 Å². The van der Waals surface area contributed by atoms with Crippen LogP contribution in [0.2, 0.25) is 0 Å². The first-order valence-electron chi connectivity index (χ1n) is 10.1. The zero-order chi connectivity index (χ0) is 22.7.